The van der Waals surface area contributed by atoms with Crippen molar-refractivity contribution in [2.45, 2.75) is 19.4 Å². The van der Waals surface area contributed by atoms with E-state index in [9.17, 15) is 4.79 Å². The minimum atomic E-state index is 0.0996. The summed E-state index contributed by atoms with van der Waals surface area (Å²) in [6.07, 6.45) is 1.02. The van der Waals surface area contributed by atoms with Crippen molar-refractivity contribution < 1.29 is 4.79 Å². The van der Waals surface area contributed by atoms with Gasteiger partial charge in [0.2, 0.25) is 0 Å². The first-order valence-corrected chi connectivity index (χ1v) is 6.22. The maximum Gasteiger partial charge on any atom is 0.253 e. The summed E-state index contributed by atoms with van der Waals surface area (Å²) in [4.78, 5) is 14.1. The van der Waals surface area contributed by atoms with E-state index in [1.54, 1.807) is 12.1 Å². The van der Waals surface area contributed by atoms with Crippen molar-refractivity contribution in [2.75, 3.05) is 20.1 Å². The highest BCUT2D eigenvalue weighted by Gasteiger charge is 2.25. The Hall–Kier alpha value is -1.06. The van der Waals surface area contributed by atoms with Gasteiger partial charge < -0.3 is 10.2 Å². The van der Waals surface area contributed by atoms with Crippen molar-refractivity contribution in [3.05, 3.63) is 34.3 Å². The first-order valence-electron chi connectivity index (χ1n) is 5.84. The number of likely N-dealkylation sites (tertiary alicyclic amines) is 1. The summed E-state index contributed by atoms with van der Waals surface area (Å²) in [5.74, 6) is 0.0996. The Labute approximate surface area is 107 Å². The number of carbonyl (C=O) groups excluding carboxylic acids is 1. The van der Waals surface area contributed by atoms with Crippen LogP contribution in [0.5, 0.6) is 0 Å². The normalized spacial score (nSPS) is 19.7. The Morgan fingerprint density at radius 1 is 1.53 bits per heavy atom. The number of nitrogens with zero attached hydrogens (tertiary/aromatic N) is 1. The van der Waals surface area contributed by atoms with Crippen LogP contribution in [0.15, 0.2) is 18.2 Å². The second-order valence-corrected chi connectivity index (χ2v) is 4.90. The molecule has 1 aromatic rings. The molecular formula is C13H17ClN2O. The first kappa shape index (κ1) is 12.4. The molecule has 1 aromatic carbocycles. The number of hydrogen-bond acceptors (Lipinski definition) is 2. The van der Waals surface area contributed by atoms with Gasteiger partial charge in [0.15, 0.2) is 0 Å². The maximum absolute atomic E-state index is 12.2. The number of hydrogen-bond donors (Lipinski definition) is 1. The molecule has 1 aliphatic rings. The van der Waals surface area contributed by atoms with E-state index in [1.165, 1.54) is 0 Å². The summed E-state index contributed by atoms with van der Waals surface area (Å²) in [6.45, 7) is 3.53. The van der Waals surface area contributed by atoms with Crippen molar-refractivity contribution in [2.24, 2.45) is 0 Å². The van der Waals surface area contributed by atoms with E-state index < -0.39 is 0 Å². The van der Waals surface area contributed by atoms with Crippen molar-refractivity contribution >= 4 is 17.5 Å². The molecule has 0 bridgehead atoms. The summed E-state index contributed by atoms with van der Waals surface area (Å²) in [6, 6.07) is 5.87. The van der Waals surface area contributed by atoms with Crippen molar-refractivity contribution in [1.29, 1.82) is 0 Å². The molecule has 1 aliphatic heterocycles. The zero-order valence-electron chi connectivity index (χ0n) is 10.2. The SMILES string of the molecule is CNC1CCN(C(=O)c2ccc(Cl)c(C)c2)C1. The third-order valence-electron chi connectivity index (χ3n) is 3.29. The standard InChI is InChI=1S/C13H17ClN2O/c1-9-7-10(3-4-12(9)14)13(17)16-6-5-11(8-16)15-2/h3-4,7,11,15H,5-6,8H2,1-2H3. The monoisotopic (exact) mass is 252 g/mol. The van der Waals surface area contributed by atoms with E-state index in [-0.39, 0.29) is 5.91 Å². The predicted molar refractivity (Wildman–Crippen MR) is 69.6 cm³/mol. The molecule has 1 unspecified atom stereocenters. The summed E-state index contributed by atoms with van der Waals surface area (Å²) in [5, 5.41) is 3.91. The van der Waals surface area contributed by atoms with Crippen molar-refractivity contribution in [3.8, 4) is 0 Å². The van der Waals surface area contributed by atoms with Crippen LogP contribution in [0.1, 0.15) is 22.3 Å². The minimum absolute atomic E-state index is 0.0996. The molecule has 4 heteroatoms. The molecule has 0 radical (unpaired) electrons. The molecule has 2 rings (SSSR count). The summed E-state index contributed by atoms with van der Waals surface area (Å²) in [7, 11) is 1.94. The molecule has 0 aliphatic carbocycles. The zero-order valence-corrected chi connectivity index (χ0v) is 10.9. The number of nitrogens with one attached hydrogen (secondary N) is 1. The van der Waals surface area contributed by atoms with E-state index in [4.69, 9.17) is 11.6 Å². The third-order valence-corrected chi connectivity index (χ3v) is 3.71. The Kier molecular flexibility index (Phi) is 3.69. The highest BCUT2D eigenvalue weighted by Crippen LogP contribution is 2.19. The third kappa shape index (κ3) is 2.61. The summed E-state index contributed by atoms with van der Waals surface area (Å²) < 4.78 is 0. The number of halogens is 1. The minimum Gasteiger partial charge on any atom is -0.337 e. The fourth-order valence-corrected chi connectivity index (χ4v) is 2.26. The summed E-state index contributed by atoms with van der Waals surface area (Å²) >= 11 is 5.96. The Balaban J connectivity index is 2.12. The van der Waals surface area contributed by atoms with Crippen molar-refractivity contribution in [1.82, 2.24) is 10.2 Å². The second-order valence-electron chi connectivity index (χ2n) is 4.49. The molecule has 0 spiro atoms. The number of amides is 1. The van der Waals surface area contributed by atoms with Gasteiger partial charge in [0, 0.05) is 29.7 Å². The molecule has 1 N–H and O–H groups in total. The smallest absolute Gasteiger partial charge is 0.253 e. The van der Waals surface area contributed by atoms with Crippen LogP contribution in [0.3, 0.4) is 0 Å². The van der Waals surface area contributed by atoms with Gasteiger partial charge in [-0.2, -0.15) is 0 Å². The lowest BCUT2D eigenvalue weighted by Crippen LogP contribution is -2.33. The highest BCUT2D eigenvalue weighted by molar-refractivity contribution is 6.31. The number of carbonyl (C=O) groups is 1. The van der Waals surface area contributed by atoms with Gasteiger partial charge in [0.1, 0.15) is 0 Å². The fraction of sp³-hybridized carbons (Fsp3) is 0.462. The average Bonchev–Trinajstić information content (AvgIpc) is 2.80. The topological polar surface area (TPSA) is 32.3 Å². The molecule has 1 atom stereocenters. The zero-order chi connectivity index (χ0) is 12.4. The largest absolute Gasteiger partial charge is 0.337 e. The maximum atomic E-state index is 12.2. The van der Waals surface area contributed by atoms with Gasteiger partial charge >= 0.3 is 0 Å². The van der Waals surface area contributed by atoms with E-state index in [1.807, 2.05) is 24.9 Å². The molecule has 1 heterocycles. The van der Waals surface area contributed by atoms with Gasteiger partial charge in [-0.05, 0) is 44.2 Å². The van der Waals surface area contributed by atoms with Gasteiger partial charge in [0.25, 0.3) is 5.91 Å². The van der Waals surface area contributed by atoms with Gasteiger partial charge in [-0.1, -0.05) is 11.6 Å². The van der Waals surface area contributed by atoms with Crippen LogP contribution < -0.4 is 5.32 Å². The highest BCUT2D eigenvalue weighted by atomic mass is 35.5. The van der Waals surface area contributed by atoms with E-state index >= 15 is 0 Å². The van der Waals surface area contributed by atoms with Crippen LogP contribution >= 0.6 is 11.6 Å². The van der Waals surface area contributed by atoms with Crippen LogP contribution in [0.2, 0.25) is 5.02 Å². The van der Waals surface area contributed by atoms with Crippen LogP contribution in [-0.2, 0) is 0 Å². The van der Waals surface area contributed by atoms with Gasteiger partial charge in [-0.15, -0.1) is 0 Å². The number of rotatable bonds is 2. The molecule has 0 aromatic heterocycles. The Morgan fingerprint density at radius 3 is 2.88 bits per heavy atom. The van der Waals surface area contributed by atoms with Crippen LogP contribution in [0.4, 0.5) is 0 Å². The summed E-state index contributed by atoms with van der Waals surface area (Å²) in [5.41, 5.74) is 1.67. The molecule has 92 valence electrons. The molecular weight excluding hydrogens is 236 g/mol. The lowest BCUT2D eigenvalue weighted by molar-refractivity contribution is 0.0789. The lowest BCUT2D eigenvalue weighted by atomic mass is 10.1. The van der Waals surface area contributed by atoms with E-state index in [0.29, 0.717) is 11.1 Å². The van der Waals surface area contributed by atoms with E-state index in [2.05, 4.69) is 5.32 Å². The van der Waals surface area contributed by atoms with Crippen LogP contribution in [-0.4, -0.2) is 37.0 Å². The van der Waals surface area contributed by atoms with Crippen LogP contribution in [0, 0.1) is 6.92 Å². The molecule has 1 amide bonds. The molecule has 1 saturated heterocycles. The lowest BCUT2D eigenvalue weighted by Gasteiger charge is -2.16. The molecule has 3 nitrogen and oxygen atoms in total. The second kappa shape index (κ2) is 5.07. The first-order chi connectivity index (χ1) is 8.11. The Morgan fingerprint density at radius 2 is 2.29 bits per heavy atom. The van der Waals surface area contributed by atoms with Gasteiger partial charge in [-0.25, -0.2) is 0 Å². The van der Waals surface area contributed by atoms with Gasteiger partial charge in [-0.3, -0.25) is 4.79 Å². The van der Waals surface area contributed by atoms with E-state index in [0.717, 1.165) is 30.6 Å². The molecule has 17 heavy (non-hydrogen) atoms. The fourth-order valence-electron chi connectivity index (χ4n) is 2.14. The Bertz CT molecular complexity index is 433. The molecule has 1 fully saturated rings. The van der Waals surface area contributed by atoms with Gasteiger partial charge in [0.05, 0.1) is 0 Å². The average molecular weight is 253 g/mol. The molecule has 0 saturated carbocycles. The predicted octanol–water partition coefficient (Wildman–Crippen LogP) is 2.08. The van der Waals surface area contributed by atoms with Crippen molar-refractivity contribution in [3.63, 3.8) is 0 Å². The number of likely N-dealkylation sites (N-methyl/N-ethyl adjacent to an activating group) is 1. The van der Waals surface area contributed by atoms with Crippen LogP contribution in [0.25, 0.3) is 0 Å². The number of benzene rings is 1. The quantitative estimate of drug-likeness (QED) is 0.874. The number of aryl methyl sites for hydroxylation is 1.